The molecule has 1 heterocycles. The molecule has 1 N–H and O–H groups in total. The number of halogens is 1. The Morgan fingerprint density at radius 3 is 2.45 bits per heavy atom. The molecule has 1 atom stereocenters. The Labute approximate surface area is 175 Å². The summed E-state index contributed by atoms with van der Waals surface area (Å²) < 4.78 is 12.5. The van der Waals surface area contributed by atoms with E-state index in [1.807, 2.05) is 13.0 Å². The number of hydrogen-bond donors (Lipinski definition) is 1. The second kappa shape index (κ2) is 9.38. The van der Waals surface area contributed by atoms with Gasteiger partial charge in [-0.2, -0.15) is 9.94 Å². The Morgan fingerprint density at radius 2 is 1.97 bits per heavy atom. The monoisotopic (exact) mass is 465 g/mol. The van der Waals surface area contributed by atoms with Gasteiger partial charge >= 0.3 is 5.82 Å². The zero-order valence-electron chi connectivity index (χ0n) is 16.4. The summed E-state index contributed by atoms with van der Waals surface area (Å²) in [6, 6.07) is 4.17. The molecule has 154 valence electrons. The summed E-state index contributed by atoms with van der Waals surface area (Å²) in [6.07, 6.45) is 0. The summed E-state index contributed by atoms with van der Waals surface area (Å²) in [5.41, 5.74) is 0.873. The van der Waals surface area contributed by atoms with Crippen LogP contribution in [0.15, 0.2) is 16.6 Å². The molecule has 0 saturated heterocycles. The summed E-state index contributed by atoms with van der Waals surface area (Å²) in [5.74, 6) is -0.0787. The van der Waals surface area contributed by atoms with Crippen LogP contribution >= 0.6 is 15.9 Å². The van der Waals surface area contributed by atoms with Gasteiger partial charge in [-0.1, -0.05) is 0 Å². The number of benzene rings is 1. The quantitative estimate of drug-likeness (QED) is 0.463. The van der Waals surface area contributed by atoms with E-state index in [1.54, 1.807) is 20.8 Å². The third-order valence-corrected chi connectivity index (χ3v) is 4.97. The van der Waals surface area contributed by atoms with Crippen molar-refractivity contribution in [2.75, 3.05) is 18.5 Å². The lowest BCUT2D eigenvalue weighted by molar-refractivity contribution is -0.390. The lowest BCUT2D eigenvalue weighted by Crippen LogP contribution is -2.25. The number of nitrogens with one attached hydrogen (secondary N) is 1. The highest BCUT2D eigenvalue weighted by Crippen LogP contribution is 2.34. The Kier molecular flexibility index (Phi) is 7.17. The van der Waals surface area contributed by atoms with Gasteiger partial charge in [0.25, 0.3) is 5.91 Å². The highest BCUT2D eigenvalue weighted by atomic mass is 79.9. The number of aromatic nitrogens is 2. The van der Waals surface area contributed by atoms with E-state index in [-0.39, 0.29) is 21.5 Å². The van der Waals surface area contributed by atoms with Gasteiger partial charge in [0.1, 0.15) is 16.6 Å². The molecule has 1 amide bonds. The van der Waals surface area contributed by atoms with E-state index in [0.29, 0.717) is 30.4 Å². The normalized spacial score (nSPS) is 11.4. The zero-order chi connectivity index (χ0) is 21.7. The first-order chi connectivity index (χ1) is 13.7. The van der Waals surface area contributed by atoms with Gasteiger partial charge in [0.05, 0.1) is 35.3 Å². The van der Waals surface area contributed by atoms with Crippen LogP contribution < -0.4 is 14.8 Å². The van der Waals surface area contributed by atoms with Crippen molar-refractivity contribution in [2.45, 2.75) is 33.7 Å². The van der Waals surface area contributed by atoms with E-state index in [2.05, 4.69) is 26.3 Å². The topological polar surface area (TPSA) is 132 Å². The highest BCUT2D eigenvalue weighted by molar-refractivity contribution is 9.10. The molecule has 0 spiro atoms. The molecule has 29 heavy (non-hydrogen) atoms. The third kappa shape index (κ3) is 4.65. The number of ether oxygens (including phenoxy) is 2. The van der Waals surface area contributed by atoms with E-state index in [0.717, 1.165) is 0 Å². The predicted molar refractivity (Wildman–Crippen MR) is 108 cm³/mol. The Balaban J connectivity index is 2.37. The van der Waals surface area contributed by atoms with Crippen molar-refractivity contribution in [1.29, 1.82) is 5.26 Å². The number of nitriles is 1. The lowest BCUT2D eigenvalue weighted by atomic mass is 10.1. The minimum Gasteiger partial charge on any atom is -0.490 e. The summed E-state index contributed by atoms with van der Waals surface area (Å²) >= 11 is 3.13. The fraction of sp³-hybridized carbons (Fsp3) is 0.389. The molecule has 0 radical (unpaired) electrons. The smallest absolute Gasteiger partial charge is 0.404 e. The molecule has 11 heteroatoms. The Bertz CT molecular complexity index is 982. The van der Waals surface area contributed by atoms with E-state index >= 15 is 0 Å². The number of anilines is 1. The molecule has 0 saturated carbocycles. The van der Waals surface area contributed by atoms with Gasteiger partial charge in [-0.15, -0.1) is 0 Å². The molecule has 0 bridgehead atoms. The average Bonchev–Trinajstić information content (AvgIpc) is 2.98. The summed E-state index contributed by atoms with van der Waals surface area (Å²) in [7, 11) is 0. The molecule has 0 aliphatic carbocycles. The summed E-state index contributed by atoms with van der Waals surface area (Å²) in [6.45, 7) is 7.54. The van der Waals surface area contributed by atoms with E-state index in [4.69, 9.17) is 9.47 Å². The van der Waals surface area contributed by atoms with Crippen molar-refractivity contribution >= 4 is 33.3 Å². The fourth-order valence-corrected chi connectivity index (χ4v) is 3.02. The van der Waals surface area contributed by atoms with Gasteiger partial charge in [0.15, 0.2) is 11.5 Å². The van der Waals surface area contributed by atoms with Gasteiger partial charge in [0, 0.05) is 12.1 Å². The van der Waals surface area contributed by atoms with Crippen molar-refractivity contribution in [3.8, 4) is 17.6 Å². The first kappa shape index (κ1) is 22.2. The maximum atomic E-state index is 12.8. The zero-order valence-corrected chi connectivity index (χ0v) is 17.9. The van der Waals surface area contributed by atoms with Crippen molar-refractivity contribution in [2.24, 2.45) is 0 Å². The van der Waals surface area contributed by atoms with Crippen LogP contribution in [0.5, 0.6) is 11.5 Å². The SMILES string of the molecule is CCOc1cc(C#N)c(NC(=O)C(C)n2nc([N+](=O)[O-])c(Br)c2C)cc1OCC. The number of rotatable bonds is 8. The van der Waals surface area contributed by atoms with Crippen LogP contribution in [-0.2, 0) is 4.79 Å². The van der Waals surface area contributed by atoms with Gasteiger partial charge in [0.2, 0.25) is 0 Å². The number of carbonyl (C=O) groups is 1. The van der Waals surface area contributed by atoms with Gasteiger partial charge in [-0.25, -0.2) is 0 Å². The van der Waals surface area contributed by atoms with E-state index in [9.17, 15) is 20.2 Å². The van der Waals surface area contributed by atoms with Crippen molar-refractivity contribution in [1.82, 2.24) is 9.78 Å². The number of amides is 1. The molecule has 2 aromatic rings. The van der Waals surface area contributed by atoms with Crippen LogP contribution in [0.3, 0.4) is 0 Å². The first-order valence-electron chi connectivity index (χ1n) is 8.78. The third-order valence-electron chi connectivity index (χ3n) is 4.04. The molecule has 0 fully saturated rings. The average molecular weight is 466 g/mol. The van der Waals surface area contributed by atoms with E-state index in [1.165, 1.54) is 16.8 Å². The van der Waals surface area contributed by atoms with Crippen LogP contribution in [0.2, 0.25) is 0 Å². The van der Waals surface area contributed by atoms with Gasteiger partial charge < -0.3 is 24.9 Å². The number of hydrogen-bond acceptors (Lipinski definition) is 7. The van der Waals surface area contributed by atoms with Crippen molar-refractivity contribution in [3.63, 3.8) is 0 Å². The Hall–Kier alpha value is -3.13. The molecule has 0 aliphatic rings. The lowest BCUT2D eigenvalue weighted by Gasteiger charge is -2.16. The second-order valence-electron chi connectivity index (χ2n) is 5.91. The standard InChI is InChI=1S/C18H20BrN5O5/c1-5-28-14-7-12(9-20)13(8-15(14)29-6-2)21-18(25)11(4)23-10(3)16(19)17(22-23)24(26)27/h7-8,11H,5-6H2,1-4H3,(H,21,25). The van der Waals surface area contributed by atoms with Crippen LogP contribution in [0, 0.1) is 28.4 Å². The first-order valence-corrected chi connectivity index (χ1v) is 9.57. The van der Waals surface area contributed by atoms with Crippen molar-refractivity contribution in [3.05, 3.63) is 38.0 Å². The van der Waals surface area contributed by atoms with Crippen LogP contribution in [0.1, 0.15) is 38.1 Å². The van der Waals surface area contributed by atoms with Crippen molar-refractivity contribution < 1.29 is 19.2 Å². The minimum absolute atomic E-state index is 0.196. The van der Waals surface area contributed by atoms with Crippen LogP contribution in [-0.4, -0.2) is 33.8 Å². The molecular weight excluding hydrogens is 446 g/mol. The molecule has 1 unspecified atom stereocenters. The number of nitrogens with zero attached hydrogens (tertiary/aromatic N) is 4. The molecule has 2 rings (SSSR count). The largest absolute Gasteiger partial charge is 0.490 e. The van der Waals surface area contributed by atoms with E-state index < -0.39 is 16.9 Å². The molecule has 10 nitrogen and oxygen atoms in total. The van der Waals surface area contributed by atoms with Crippen LogP contribution in [0.4, 0.5) is 11.5 Å². The molecule has 1 aromatic carbocycles. The Morgan fingerprint density at radius 1 is 1.38 bits per heavy atom. The molecule has 1 aromatic heterocycles. The fourth-order valence-electron chi connectivity index (χ4n) is 2.62. The second-order valence-corrected chi connectivity index (χ2v) is 6.71. The minimum atomic E-state index is -0.867. The maximum Gasteiger partial charge on any atom is 0.404 e. The summed E-state index contributed by atoms with van der Waals surface area (Å²) in [5, 5.41) is 27.1. The summed E-state index contributed by atoms with van der Waals surface area (Å²) in [4.78, 5) is 23.2. The molecule has 0 aliphatic heterocycles. The van der Waals surface area contributed by atoms with Crippen LogP contribution in [0.25, 0.3) is 0 Å². The highest BCUT2D eigenvalue weighted by Gasteiger charge is 2.29. The maximum absolute atomic E-state index is 12.8. The van der Waals surface area contributed by atoms with Gasteiger partial charge in [-0.05, 0) is 48.5 Å². The molecular formula is C18H20BrN5O5. The number of carbonyl (C=O) groups excluding carboxylic acids is 1. The van der Waals surface area contributed by atoms with Gasteiger partial charge in [-0.3, -0.25) is 4.79 Å². The number of nitro groups is 1. The predicted octanol–water partition coefficient (Wildman–Crippen LogP) is 3.73.